The summed E-state index contributed by atoms with van der Waals surface area (Å²) in [5.74, 6) is 0. The lowest BCUT2D eigenvalue weighted by Crippen LogP contribution is -1.97. The molecule has 94 valence electrons. The van der Waals surface area contributed by atoms with Crippen LogP contribution >= 0.6 is 22.9 Å². The summed E-state index contributed by atoms with van der Waals surface area (Å²) >= 11 is 7.63. The van der Waals surface area contributed by atoms with E-state index in [0.29, 0.717) is 5.02 Å². The van der Waals surface area contributed by atoms with Crippen molar-refractivity contribution >= 4 is 22.9 Å². The lowest BCUT2D eigenvalue weighted by atomic mass is 9.98. The van der Waals surface area contributed by atoms with E-state index in [0.717, 1.165) is 10.4 Å². The predicted molar refractivity (Wildman–Crippen MR) is 76.5 cm³/mol. The third-order valence-corrected chi connectivity index (χ3v) is 5.01. The standard InChI is InChI=1S/C15H15ClOS/c16-12-7-5-10(6-8-12)15(17)14-9-11-3-1-2-4-13(11)18-14/h5-9,15,17H,1-4H2. The SMILES string of the molecule is OC(c1ccc(Cl)cc1)c1cc2c(s1)CCCC2. The maximum Gasteiger partial charge on any atom is 0.113 e. The highest BCUT2D eigenvalue weighted by Gasteiger charge is 2.18. The quantitative estimate of drug-likeness (QED) is 0.865. The summed E-state index contributed by atoms with van der Waals surface area (Å²) in [7, 11) is 0. The Kier molecular flexibility index (Phi) is 3.42. The largest absolute Gasteiger partial charge is 0.383 e. The van der Waals surface area contributed by atoms with E-state index in [1.54, 1.807) is 11.3 Å². The minimum Gasteiger partial charge on any atom is -0.383 e. The Hall–Kier alpha value is -0.830. The summed E-state index contributed by atoms with van der Waals surface area (Å²) in [4.78, 5) is 2.52. The highest BCUT2D eigenvalue weighted by Crippen LogP contribution is 2.35. The maximum atomic E-state index is 10.4. The van der Waals surface area contributed by atoms with Crippen LogP contribution in [0.5, 0.6) is 0 Å². The number of rotatable bonds is 2. The fraction of sp³-hybridized carbons (Fsp3) is 0.333. The summed E-state index contributed by atoms with van der Waals surface area (Å²) in [5.41, 5.74) is 2.35. The van der Waals surface area contributed by atoms with Crippen molar-refractivity contribution in [3.05, 3.63) is 56.2 Å². The number of aryl methyl sites for hydroxylation is 2. The van der Waals surface area contributed by atoms with Crippen molar-refractivity contribution in [3.8, 4) is 0 Å². The number of aliphatic hydroxyl groups excluding tert-OH is 1. The van der Waals surface area contributed by atoms with Gasteiger partial charge in [0.2, 0.25) is 0 Å². The fourth-order valence-electron chi connectivity index (χ4n) is 2.46. The van der Waals surface area contributed by atoms with Crippen LogP contribution in [-0.4, -0.2) is 5.11 Å². The molecule has 0 radical (unpaired) electrons. The average Bonchev–Trinajstić information content (AvgIpc) is 2.82. The van der Waals surface area contributed by atoms with Crippen LogP contribution in [-0.2, 0) is 12.8 Å². The number of thiophene rings is 1. The molecule has 1 aromatic carbocycles. The van der Waals surface area contributed by atoms with E-state index < -0.39 is 6.10 Å². The summed E-state index contributed by atoms with van der Waals surface area (Å²) < 4.78 is 0. The molecule has 0 amide bonds. The van der Waals surface area contributed by atoms with Gasteiger partial charge < -0.3 is 5.11 Å². The van der Waals surface area contributed by atoms with Crippen LogP contribution < -0.4 is 0 Å². The second-order valence-electron chi connectivity index (χ2n) is 4.76. The number of halogens is 1. The Morgan fingerprint density at radius 3 is 2.56 bits per heavy atom. The Labute approximate surface area is 116 Å². The monoisotopic (exact) mass is 278 g/mol. The first-order valence-corrected chi connectivity index (χ1v) is 7.48. The van der Waals surface area contributed by atoms with Gasteiger partial charge in [-0.15, -0.1) is 11.3 Å². The molecule has 1 aliphatic carbocycles. The smallest absolute Gasteiger partial charge is 0.113 e. The molecular weight excluding hydrogens is 264 g/mol. The van der Waals surface area contributed by atoms with E-state index in [4.69, 9.17) is 11.6 Å². The molecule has 1 heterocycles. The number of fused-ring (bicyclic) bond motifs is 1. The first-order valence-electron chi connectivity index (χ1n) is 6.29. The molecule has 1 aliphatic rings. The van der Waals surface area contributed by atoms with Gasteiger partial charge in [0.05, 0.1) is 0 Å². The minimum atomic E-state index is -0.516. The van der Waals surface area contributed by atoms with Gasteiger partial charge in [0.15, 0.2) is 0 Å². The van der Waals surface area contributed by atoms with Gasteiger partial charge in [-0.25, -0.2) is 0 Å². The molecule has 1 aromatic heterocycles. The summed E-state index contributed by atoms with van der Waals surface area (Å²) in [6.07, 6.45) is 4.38. The van der Waals surface area contributed by atoms with Crippen LogP contribution in [0.1, 0.15) is 39.8 Å². The average molecular weight is 279 g/mol. The van der Waals surface area contributed by atoms with Crippen molar-refractivity contribution in [2.24, 2.45) is 0 Å². The third kappa shape index (κ3) is 2.33. The molecule has 1 nitrogen and oxygen atoms in total. The molecule has 18 heavy (non-hydrogen) atoms. The second kappa shape index (κ2) is 5.04. The Balaban J connectivity index is 1.89. The van der Waals surface area contributed by atoms with Crippen molar-refractivity contribution < 1.29 is 5.11 Å². The minimum absolute atomic E-state index is 0.516. The molecule has 1 unspecified atom stereocenters. The van der Waals surface area contributed by atoms with Gasteiger partial charge in [-0.1, -0.05) is 23.7 Å². The molecule has 3 rings (SSSR count). The molecular formula is C15H15ClOS. The van der Waals surface area contributed by atoms with Crippen LogP contribution in [0.3, 0.4) is 0 Å². The van der Waals surface area contributed by atoms with E-state index in [2.05, 4.69) is 6.07 Å². The highest BCUT2D eigenvalue weighted by atomic mass is 35.5. The summed E-state index contributed by atoms with van der Waals surface area (Å²) in [6, 6.07) is 9.62. The number of aliphatic hydroxyl groups is 1. The van der Waals surface area contributed by atoms with Gasteiger partial charge in [-0.05, 0) is 55.0 Å². The molecule has 0 fully saturated rings. The van der Waals surface area contributed by atoms with Gasteiger partial charge >= 0.3 is 0 Å². The summed E-state index contributed by atoms with van der Waals surface area (Å²) in [5, 5.41) is 11.1. The van der Waals surface area contributed by atoms with Crippen LogP contribution in [0.4, 0.5) is 0 Å². The molecule has 3 heteroatoms. The van der Waals surface area contributed by atoms with E-state index in [1.165, 1.54) is 36.1 Å². The molecule has 0 bridgehead atoms. The maximum absolute atomic E-state index is 10.4. The molecule has 0 saturated carbocycles. The zero-order chi connectivity index (χ0) is 12.5. The number of hydrogen-bond donors (Lipinski definition) is 1. The highest BCUT2D eigenvalue weighted by molar-refractivity contribution is 7.12. The topological polar surface area (TPSA) is 20.2 Å². The van der Waals surface area contributed by atoms with Crippen molar-refractivity contribution in [3.63, 3.8) is 0 Å². The molecule has 2 aromatic rings. The molecule has 1 atom stereocenters. The fourth-order valence-corrected chi connectivity index (χ4v) is 3.86. The van der Waals surface area contributed by atoms with Crippen LogP contribution in [0.15, 0.2) is 30.3 Å². The van der Waals surface area contributed by atoms with Crippen molar-refractivity contribution in [1.82, 2.24) is 0 Å². The van der Waals surface area contributed by atoms with E-state index >= 15 is 0 Å². The van der Waals surface area contributed by atoms with Crippen molar-refractivity contribution in [2.75, 3.05) is 0 Å². The second-order valence-corrected chi connectivity index (χ2v) is 6.36. The lowest BCUT2D eigenvalue weighted by molar-refractivity contribution is 0.224. The van der Waals surface area contributed by atoms with Crippen LogP contribution in [0, 0.1) is 0 Å². The van der Waals surface area contributed by atoms with Gasteiger partial charge in [0.1, 0.15) is 6.10 Å². The first-order chi connectivity index (χ1) is 8.74. The van der Waals surface area contributed by atoms with Gasteiger partial charge in [0, 0.05) is 14.8 Å². The van der Waals surface area contributed by atoms with Crippen LogP contribution in [0.2, 0.25) is 5.02 Å². The molecule has 0 aliphatic heterocycles. The number of benzene rings is 1. The molecule has 0 spiro atoms. The zero-order valence-electron chi connectivity index (χ0n) is 10.0. The normalized spacial score (nSPS) is 16.3. The van der Waals surface area contributed by atoms with E-state index in [9.17, 15) is 5.11 Å². The summed E-state index contributed by atoms with van der Waals surface area (Å²) in [6.45, 7) is 0. The Morgan fingerprint density at radius 2 is 1.83 bits per heavy atom. The predicted octanol–water partition coefficient (Wildman–Crippen LogP) is 4.36. The van der Waals surface area contributed by atoms with Gasteiger partial charge in [-0.3, -0.25) is 0 Å². The Morgan fingerprint density at radius 1 is 1.11 bits per heavy atom. The lowest BCUT2D eigenvalue weighted by Gasteiger charge is -2.08. The number of hydrogen-bond acceptors (Lipinski definition) is 2. The van der Waals surface area contributed by atoms with Crippen molar-refractivity contribution in [1.29, 1.82) is 0 Å². The van der Waals surface area contributed by atoms with Crippen LogP contribution in [0.25, 0.3) is 0 Å². The third-order valence-electron chi connectivity index (χ3n) is 3.47. The molecule has 0 saturated heterocycles. The molecule has 1 N–H and O–H groups in total. The van der Waals surface area contributed by atoms with Gasteiger partial charge in [0.25, 0.3) is 0 Å². The first kappa shape index (κ1) is 12.2. The van der Waals surface area contributed by atoms with Gasteiger partial charge in [-0.2, -0.15) is 0 Å². The van der Waals surface area contributed by atoms with E-state index in [-0.39, 0.29) is 0 Å². The van der Waals surface area contributed by atoms with Crippen molar-refractivity contribution in [2.45, 2.75) is 31.8 Å². The zero-order valence-corrected chi connectivity index (χ0v) is 11.6. The Bertz CT molecular complexity index is 521. The van der Waals surface area contributed by atoms with E-state index in [1.807, 2.05) is 24.3 Å².